The number of fused-ring (bicyclic) bond motifs is 1. The Balaban J connectivity index is 1.70. The van der Waals surface area contributed by atoms with Gasteiger partial charge in [0, 0.05) is 42.6 Å². The molecule has 1 atom stereocenters. The van der Waals surface area contributed by atoms with E-state index in [0.29, 0.717) is 11.4 Å². The van der Waals surface area contributed by atoms with Crippen molar-refractivity contribution in [1.82, 2.24) is 15.5 Å². The van der Waals surface area contributed by atoms with Crippen LogP contribution < -0.4 is 21.3 Å². The van der Waals surface area contributed by atoms with Crippen molar-refractivity contribution in [3.63, 3.8) is 0 Å². The Morgan fingerprint density at radius 2 is 1.81 bits per heavy atom. The third kappa shape index (κ3) is 4.28. The first-order valence-corrected chi connectivity index (χ1v) is 10.2. The van der Waals surface area contributed by atoms with Gasteiger partial charge < -0.3 is 21.3 Å². The zero-order chi connectivity index (χ0) is 22.2. The standard InChI is InChI=1S/C22H25F3N6/c1-13-16(4-3-5-19(13)22(23,24)25)20(26)28-21-18-12-15(31-10-8-27-9-11-31)6-7-17(18)14(2)29-30-21/h3-7,12,20,27H,8-11,26H2,1-2H3,(H,28,30)/t20-/m0/s1. The van der Waals surface area contributed by atoms with Crippen LogP contribution in [0.5, 0.6) is 0 Å². The van der Waals surface area contributed by atoms with Crippen molar-refractivity contribution in [3.05, 3.63) is 58.8 Å². The molecule has 3 aromatic rings. The van der Waals surface area contributed by atoms with Gasteiger partial charge in [0.15, 0.2) is 5.82 Å². The lowest BCUT2D eigenvalue weighted by Crippen LogP contribution is -2.43. The summed E-state index contributed by atoms with van der Waals surface area (Å²) in [5, 5.41) is 16.6. The Morgan fingerprint density at radius 3 is 2.52 bits per heavy atom. The summed E-state index contributed by atoms with van der Waals surface area (Å²) >= 11 is 0. The van der Waals surface area contributed by atoms with Crippen LogP contribution in [0.15, 0.2) is 36.4 Å². The largest absolute Gasteiger partial charge is 0.416 e. The lowest BCUT2D eigenvalue weighted by molar-refractivity contribution is -0.138. The van der Waals surface area contributed by atoms with Crippen molar-refractivity contribution in [1.29, 1.82) is 0 Å². The quantitative estimate of drug-likeness (QED) is 0.548. The summed E-state index contributed by atoms with van der Waals surface area (Å²) in [5.74, 6) is 0.446. The third-order valence-corrected chi connectivity index (χ3v) is 5.74. The van der Waals surface area contributed by atoms with Crippen molar-refractivity contribution in [2.45, 2.75) is 26.2 Å². The molecule has 1 aliphatic rings. The number of aromatic nitrogens is 2. The first-order chi connectivity index (χ1) is 14.8. The van der Waals surface area contributed by atoms with E-state index in [4.69, 9.17) is 5.73 Å². The Morgan fingerprint density at radius 1 is 1.06 bits per heavy atom. The molecule has 2 aromatic carbocycles. The van der Waals surface area contributed by atoms with Crippen molar-refractivity contribution in [2.24, 2.45) is 5.73 Å². The molecule has 31 heavy (non-hydrogen) atoms. The highest BCUT2D eigenvalue weighted by Crippen LogP contribution is 2.35. The fourth-order valence-electron chi connectivity index (χ4n) is 4.03. The molecule has 4 rings (SSSR count). The predicted octanol–water partition coefficient (Wildman–Crippen LogP) is 3.74. The van der Waals surface area contributed by atoms with Gasteiger partial charge in [-0.25, -0.2) is 0 Å². The van der Waals surface area contributed by atoms with Crippen molar-refractivity contribution in [2.75, 3.05) is 36.4 Å². The average Bonchev–Trinajstić information content (AvgIpc) is 2.75. The number of hydrogen-bond acceptors (Lipinski definition) is 6. The highest BCUT2D eigenvalue weighted by atomic mass is 19.4. The predicted molar refractivity (Wildman–Crippen MR) is 116 cm³/mol. The number of anilines is 2. The van der Waals surface area contributed by atoms with E-state index >= 15 is 0 Å². The molecule has 0 amide bonds. The highest BCUT2D eigenvalue weighted by molar-refractivity contribution is 5.95. The van der Waals surface area contributed by atoms with Crippen LogP contribution in [0.3, 0.4) is 0 Å². The van der Waals surface area contributed by atoms with E-state index in [0.717, 1.165) is 54.4 Å². The number of nitrogens with two attached hydrogens (primary N) is 1. The van der Waals surface area contributed by atoms with Gasteiger partial charge in [-0.1, -0.05) is 18.2 Å². The van der Waals surface area contributed by atoms with Crippen LogP contribution in [0, 0.1) is 13.8 Å². The minimum absolute atomic E-state index is 0.0980. The monoisotopic (exact) mass is 430 g/mol. The van der Waals surface area contributed by atoms with Crippen LogP contribution in [-0.4, -0.2) is 36.4 Å². The maximum atomic E-state index is 13.3. The Labute approximate surface area is 178 Å². The lowest BCUT2D eigenvalue weighted by Gasteiger charge is -2.30. The summed E-state index contributed by atoms with van der Waals surface area (Å²) in [5.41, 5.74) is 7.89. The summed E-state index contributed by atoms with van der Waals surface area (Å²) < 4.78 is 39.9. The van der Waals surface area contributed by atoms with E-state index < -0.39 is 17.9 Å². The van der Waals surface area contributed by atoms with E-state index in [1.54, 1.807) is 6.07 Å². The van der Waals surface area contributed by atoms with Gasteiger partial charge in [-0.2, -0.15) is 18.3 Å². The molecule has 1 fully saturated rings. The molecule has 9 heteroatoms. The third-order valence-electron chi connectivity index (χ3n) is 5.74. The van der Waals surface area contributed by atoms with Gasteiger partial charge in [-0.05, 0) is 43.2 Å². The number of halogens is 3. The number of piperazine rings is 1. The Kier molecular flexibility index (Phi) is 5.72. The molecular weight excluding hydrogens is 405 g/mol. The molecule has 164 valence electrons. The van der Waals surface area contributed by atoms with Gasteiger partial charge in [-0.3, -0.25) is 0 Å². The van der Waals surface area contributed by atoms with E-state index in [1.165, 1.54) is 13.0 Å². The number of benzene rings is 2. The summed E-state index contributed by atoms with van der Waals surface area (Å²) in [6.07, 6.45) is -5.31. The summed E-state index contributed by atoms with van der Waals surface area (Å²) in [6, 6.07) is 10.1. The first-order valence-electron chi connectivity index (χ1n) is 10.2. The number of hydrogen-bond donors (Lipinski definition) is 3. The number of nitrogens with one attached hydrogen (secondary N) is 2. The van der Waals surface area contributed by atoms with Gasteiger partial charge in [0.2, 0.25) is 0 Å². The fraction of sp³-hybridized carbons (Fsp3) is 0.364. The van der Waals surface area contributed by atoms with Gasteiger partial charge >= 0.3 is 6.18 Å². The van der Waals surface area contributed by atoms with Crippen LogP contribution >= 0.6 is 0 Å². The highest BCUT2D eigenvalue weighted by Gasteiger charge is 2.33. The van der Waals surface area contributed by atoms with Gasteiger partial charge in [0.05, 0.1) is 11.3 Å². The van der Waals surface area contributed by atoms with E-state index in [2.05, 4.69) is 31.8 Å². The molecule has 0 saturated carbocycles. The Hall–Kier alpha value is -2.91. The summed E-state index contributed by atoms with van der Waals surface area (Å²) in [4.78, 5) is 2.28. The number of alkyl halides is 3. The van der Waals surface area contributed by atoms with Crippen LogP contribution in [0.4, 0.5) is 24.7 Å². The van der Waals surface area contributed by atoms with Crippen molar-refractivity contribution < 1.29 is 13.2 Å². The van der Waals surface area contributed by atoms with Crippen molar-refractivity contribution in [3.8, 4) is 0 Å². The van der Waals surface area contributed by atoms with E-state index in [9.17, 15) is 13.2 Å². The van der Waals surface area contributed by atoms with Crippen LogP contribution in [0.1, 0.15) is 28.6 Å². The van der Waals surface area contributed by atoms with Crippen LogP contribution in [0.25, 0.3) is 10.8 Å². The smallest absolute Gasteiger partial charge is 0.369 e. The SMILES string of the molecule is Cc1c([C@@H](N)Nc2nnc(C)c3ccc(N4CCNCC4)cc23)cccc1C(F)(F)F. The average molecular weight is 430 g/mol. The summed E-state index contributed by atoms with van der Waals surface area (Å²) in [7, 11) is 0. The fourth-order valence-corrected chi connectivity index (χ4v) is 4.03. The topological polar surface area (TPSA) is 79.1 Å². The molecule has 1 saturated heterocycles. The molecular formula is C22H25F3N6. The van der Waals surface area contributed by atoms with Crippen LogP contribution in [0.2, 0.25) is 0 Å². The lowest BCUT2D eigenvalue weighted by atomic mass is 10.00. The molecule has 1 aromatic heterocycles. The normalized spacial score (nSPS) is 15.9. The van der Waals surface area contributed by atoms with Gasteiger partial charge in [0.1, 0.15) is 6.17 Å². The van der Waals surface area contributed by atoms with E-state index in [1.807, 2.05) is 19.1 Å². The minimum atomic E-state index is -4.44. The molecule has 0 bridgehead atoms. The van der Waals surface area contributed by atoms with Crippen LogP contribution in [-0.2, 0) is 6.18 Å². The molecule has 6 nitrogen and oxygen atoms in total. The maximum absolute atomic E-state index is 13.3. The van der Waals surface area contributed by atoms with Gasteiger partial charge in [0.25, 0.3) is 0 Å². The molecule has 1 aliphatic heterocycles. The molecule has 4 N–H and O–H groups in total. The second-order valence-corrected chi connectivity index (χ2v) is 7.74. The number of nitrogens with zero attached hydrogens (tertiary/aromatic N) is 3. The van der Waals surface area contributed by atoms with E-state index in [-0.39, 0.29) is 5.56 Å². The number of rotatable bonds is 4. The number of aryl methyl sites for hydroxylation is 1. The second kappa shape index (κ2) is 8.32. The molecule has 0 aliphatic carbocycles. The zero-order valence-electron chi connectivity index (χ0n) is 17.4. The molecule has 2 heterocycles. The molecule has 0 spiro atoms. The van der Waals surface area contributed by atoms with Crippen molar-refractivity contribution >= 4 is 22.3 Å². The Bertz CT molecular complexity index is 1090. The van der Waals surface area contributed by atoms with Gasteiger partial charge in [-0.15, -0.1) is 5.10 Å². The molecule has 0 unspecified atom stereocenters. The first kappa shape index (κ1) is 21.3. The second-order valence-electron chi connectivity index (χ2n) is 7.74. The minimum Gasteiger partial charge on any atom is -0.369 e. The summed E-state index contributed by atoms with van der Waals surface area (Å²) in [6.45, 7) is 6.93. The zero-order valence-corrected chi connectivity index (χ0v) is 17.4. The molecule has 0 radical (unpaired) electrons. The maximum Gasteiger partial charge on any atom is 0.416 e.